The van der Waals surface area contributed by atoms with Crippen LogP contribution in [0.15, 0.2) is 30.3 Å². The Labute approximate surface area is 127 Å². The summed E-state index contributed by atoms with van der Waals surface area (Å²) in [5, 5.41) is 13.3. The molecule has 0 amide bonds. The lowest BCUT2D eigenvalue weighted by atomic mass is 9.88. The van der Waals surface area contributed by atoms with Gasteiger partial charge in [0.2, 0.25) is 0 Å². The van der Waals surface area contributed by atoms with Crippen LogP contribution in [-0.2, 0) is 10.3 Å². The maximum Gasteiger partial charge on any atom is 0.329 e. The van der Waals surface area contributed by atoms with E-state index in [2.05, 4.69) is 17.1 Å². The van der Waals surface area contributed by atoms with Gasteiger partial charge < -0.3 is 10.0 Å². The third kappa shape index (κ3) is 3.63. The molecule has 2 rings (SSSR count). The van der Waals surface area contributed by atoms with E-state index < -0.39 is 11.5 Å². The number of rotatable bonds is 6. The number of carboxylic acids is 1. The van der Waals surface area contributed by atoms with Crippen LogP contribution >= 0.6 is 0 Å². The van der Waals surface area contributed by atoms with E-state index in [0.717, 1.165) is 25.1 Å². The van der Waals surface area contributed by atoms with Gasteiger partial charge in [-0.05, 0) is 38.3 Å². The fourth-order valence-corrected chi connectivity index (χ4v) is 3.19. The second-order valence-electron chi connectivity index (χ2n) is 6.50. The number of hydrogen-bond donors (Lipinski definition) is 2. The maximum atomic E-state index is 12.1. The van der Waals surface area contributed by atoms with Crippen molar-refractivity contribution in [2.45, 2.75) is 38.8 Å². The summed E-state index contributed by atoms with van der Waals surface area (Å²) in [7, 11) is 0. The summed E-state index contributed by atoms with van der Waals surface area (Å²) >= 11 is 0. The molecule has 0 bridgehead atoms. The van der Waals surface area contributed by atoms with Gasteiger partial charge in [-0.25, -0.2) is 4.79 Å². The van der Waals surface area contributed by atoms with Crippen molar-refractivity contribution in [3.05, 3.63) is 35.9 Å². The molecule has 0 aliphatic carbocycles. The first-order chi connectivity index (χ1) is 9.94. The summed E-state index contributed by atoms with van der Waals surface area (Å²) in [6.45, 7) is 8.67. The van der Waals surface area contributed by atoms with Gasteiger partial charge in [0.1, 0.15) is 0 Å². The van der Waals surface area contributed by atoms with Crippen LogP contribution in [0, 0.1) is 5.92 Å². The summed E-state index contributed by atoms with van der Waals surface area (Å²) in [6, 6.07) is 9.64. The normalized spacial score (nSPS) is 22.4. The summed E-state index contributed by atoms with van der Waals surface area (Å²) in [6.07, 6.45) is 1.15. The molecule has 0 saturated carbocycles. The number of hydrogen-bond acceptors (Lipinski definition) is 3. The Balaban J connectivity index is 2.34. The molecule has 1 aliphatic rings. The molecular weight excluding hydrogens is 264 g/mol. The highest BCUT2D eigenvalue weighted by Crippen LogP contribution is 2.27. The number of likely N-dealkylation sites (tertiary alicyclic amines) is 1. The van der Waals surface area contributed by atoms with Gasteiger partial charge in [-0.1, -0.05) is 37.3 Å². The largest absolute Gasteiger partial charge is 0.480 e. The van der Waals surface area contributed by atoms with E-state index in [1.807, 2.05) is 44.2 Å². The van der Waals surface area contributed by atoms with Gasteiger partial charge in [0.05, 0.1) is 0 Å². The first-order valence-electron chi connectivity index (χ1n) is 7.73. The summed E-state index contributed by atoms with van der Waals surface area (Å²) < 4.78 is 0. The molecule has 1 aromatic rings. The van der Waals surface area contributed by atoms with Crippen molar-refractivity contribution in [2.75, 3.05) is 19.6 Å². The van der Waals surface area contributed by atoms with E-state index in [-0.39, 0.29) is 6.04 Å². The highest BCUT2D eigenvalue weighted by molar-refractivity contribution is 5.81. The minimum atomic E-state index is -1.04. The number of aliphatic carboxylic acids is 1. The molecule has 0 radical (unpaired) electrons. The summed E-state index contributed by atoms with van der Waals surface area (Å²) in [5.74, 6) is -0.159. The number of benzene rings is 1. The fraction of sp³-hybridized carbons (Fsp3) is 0.588. The van der Waals surface area contributed by atoms with Gasteiger partial charge in [0, 0.05) is 19.1 Å². The number of nitrogens with zero attached hydrogens (tertiary/aromatic N) is 1. The Morgan fingerprint density at radius 1 is 1.43 bits per heavy atom. The van der Waals surface area contributed by atoms with Gasteiger partial charge in [-0.3, -0.25) is 5.32 Å². The predicted octanol–water partition coefficient (Wildman–Crippen LogP) is 2.31. The fourth-order valence-electron chi connectivity index (χ4n) is 3.19. The van der Waals surface area contributed by atoms with Crippen molar-refractivity contribution in [1.29, 1.82) is 0 Å². The van der Waals surface area contributed by atoms with Crippen molar-refractivity contribution in [2.24, 2.45) is 5.92 Å². The molecule has 0 spiro atoms. The number of nitrogens with one attached hydrogen (secondary N) is 1. The zero-order valence-electron chi connectivity index (χ0n) is 13.2. The SMILES string of the molecule is CC1CCN(CC(NC(C)C)(C(=O)O)c2ccccc2)C1. The number of carboxylic acid groups (broad SMARTS) is 1. The molecule has 116 valence electrons. The maximum absolute atomic E-state index is 12.1. The summed E-state index contributed by atoms with van der Waals surface area (Å²) in [5.41, 5.74) is -0.217. The Hall–Kier alpha value is -1.39. The van der Waals surface area contributed by atoms with E-state index in [9.17, 15) is 9.90 Å². The van der Waals surface area contributed by atoms with Gasteiger partial charge in [-0.15, -0.1) is 0 Å². The topological polar surface area (TPSA) is 52.6 Å². The number of carbonyl (C=O) groups is 1. The van der Waals surface area contributed by atoms with Crippen LogP contribution < -0.4 is 5.32 Å². The Bertz CT molecular complexity index is 475. The first-order valence-corrected chi connectivity index (χ1v) is 7.73. The minimum absolute atomic E-state index is 0.0985. The van der Waals surface area contributed by atoms with Crippen molar-refractivity contribution < 1.29 is 9.90 Å². The lowest BCUT2D eigenvalue weighted by molar-refractivity contribution is -0.146. The average molecular weight is 290 g/mol. The first kappa shape index (κ1) is 16.0. The van der Waals surface area contributed by atoms with Crippen molar-refractivity contribution in [3.8, 4) is 0 Å². The molecule has 1 aromatic carbocycles. The second kappa shape index (κ2) is 6.58. The molecule has 4 heteroatoms. The highest BCUT2D eigenvalue weighted by Gasteiger charge is 2.43. The van der Waals surface area contributed by atoms with Crippen LogP contribution in [0.1, 0.15) is 32.8 Å². The smallest absolute Gasteiger partial charge is 0.329 e. The zero-order valence-corrected chi connectivity index (χ0v) is 13.2. The molecular formula is C17H26N2O2. The molecule has 2 unspecified atom stereocenters. The highest BCUT2D eigenvalue weighted by atomic mass is 16.4. The molecule has 1 aliphatic heterocycles. The third-order valence-electron chi connectivity index (χ3n) is 4.14. The Morgan fingerprint density at radius 3 is 2.57 bits per heavy atom. The van der Waals surface area contributed by atoms with E-state index in [4.69, 9.17) is 0 Å². The average Bonchev–Trinajstić information content (AvgIpc) is 2.83. The van der Waals surface area contributed by atoms with Gasteiger partial charge in [-0.2, -0.15) is 0 Å². The summed E-state index contributed by atoms with van der Waals surface area (Å²) in [4.78, 5) is 14.4. The molecule has 2 N–H and O–H groups in total. The van der Waals surface area contributed by atoms with Crippen LogP contribution in [0.2, 0.25) is 0 Å². The molecule has 1 fully saturated rings. The molecule has 1 heterocycles. The lowest BCUT2D eigenvalue weighted by Gasteiger charge is -2.36. The molecule has 21 heavy (non-hydrogen) atoms. The molecule has 2 atom stereocenters. The second-order valence-corrected chi connectivity index (χ2v) is 6.50. The molecule has 0 aromatic heterocycles. The Kier molecular flexibility index (Phi) is 5.01. The minimum Gasteiger partial charge on any atom is -0.480 e. The van der Waals surface area contributed by atoms with E-state index in [1.165, 1.54) is 0 Å². The van der Waals surface area contributed by atoms with Crippen LogP contribution in [0.4, 0.5) is 0 Å². The molecule has 1 saturated heterocycles. The zero-order chi connectivity index (χ0) is 15.5. The lowest BCUT2D eigenvalue weighted by Crippen LogP contribution is -2.58. The van der Waals surface area contributed by atoms with Crippen LogP contribution in [0.25, 0.3) is 0 Å². The van der Waals surface area contributed by atoms with Gasteiger partial charge in [0.15, 0.2) is 5.54 Å². The van der Waals surface area contributed by atoms with Crippen LogP contribution in [-0.4, -0.2) is 41.7 Å². The van der Waals surface area contributed by atoms with Gasteiger partial charge in [0.25, 0.3) is 0 Å². The van der Waals surface area contributed by atoms with E-state index >= 15 is 0 Å². The van der Waals surface area contributed by atoms with Crippen molar-refractivity contribution in [1.82, 2.24) is 10.2 Å². The molecule has 4 nitrogen and oxygen atoms in total. The Morgan fingerprint density at radius 2 is 2.10 bits per heavy atom. The monoisotopic (exact) mass is 290 g/mol. The van der Waals surface area contributed by atoms with Crippen LogP contribution in [0.5, 0.6) is 0 Å². The van der Waals surface area contributed by atoms with Crippen LogP contribution in [0.3, 0.4) is 0 Å². The predicted molar refractivity (Wildman–Crippen MR) is 84.2 cm³/mol. The quantitative estimate of drug-likeness (QED) is 0.844. The van der Waals surface area contributed by atoms with Crippen molar-refractivity contribution in [3.63, 3.8) is 0 Å². The van der Waals surface area contributed by atoms with E-state index in [0.29, 0.717) is 12.5 Å². The van der Waals surface area contributed by atoms with E-state index in [1.54, 1.807) is 0 Å². The third-order valence-corrected chi connectivity index (χ3v) is 4.14. The standard InChI is InChI=1S/C17H26N2O2/c1-13(2)18-17(16(20)21,15-7-5-4-6-8-15)12-19-10-9-14(3)11-19/h4-8,13-14,18H,9-12H2,1-3H3,(H,20,21). The van der Waals surface area contributed by atoms with Gasteiger partial charge >= 0.3 is 5.97 Å². The van der Waals surface area contributed by atoms with Crippen molar-refractivity contribution >= 4 is 5.97 Å².